The lowest BCUT2D eigenvalue weighted by atomic mass is 9.95. The van der Waals surface area contributed by atoms with Crippen molar-refractivity contribution in [3.05, 3.63) is 0 Å². The van der Waals surface area contributed by atoms with Gasteiger partial charge < -0.3 is 5.11 Å². The highest BCUT2D eigenvalue weighted by Gasteiger charge is 2.49. The molecule has 2 atom stereocenters. The molecule has 0 aromatic heterocycles. The van der Waals surface area contributed by atoms with Crippen molar-refractivity contribution in [3.63, 3.8) is 0 Å². The number of imide groups is 1. The minimum absolute atomic E-state index is 0.0462. The van der Waals surface area contributed by atoms with E-state index in [1.807, 2.05) is 0 Å². The second kappa shape index (κ2) is 5.75. The van der Waals surface area contributed by atoms with Crippen LogP contribution >= 0.6 is 0 Å². The van der Waals surface area contributed by atoms with E-state index < -0.39 is 5.97 Å². The van der Waals surface area contributed by atoms with Crippen LogP contribution < -0.4 is 0 Å². The zero-order valence-corrected chi connectivity index (χ0v) is 12.2. The molecule has 0 bridgehead atoms. The van der Waals surface area contributed by atoms with E-state index >= 15 is 0 Å². The van der Waals surface area contributed by atoms with Crippen molar-refractivity contribution in [2.45, 2.75) is 69.5 Å². The Morgan fingerprint density at radius 3 is 2.62 bits per heavy atom. The van der Waals surface area contributed by atoms with E-state index in [1.54, 1.807) is 0 Å². The van der Waals surface area contributed by atoms with Crippen molar-refractivity contribution < 1.29 is 19.5 Å². The Morgan fingerprint density at radius 1 is 1.19 bits per heavy atom. The number of aliphatic carboxylic acids is 1. The van der Waals surface area contributed by atoms with Crippen LogP contribution in [0.4, 0.5) is 0 Å². The fraction of sp³-hybridized carbons (Fsp3) is 0.800. The van der Waals surface area contributed by atoms with Crippen LogP contribution in [0.1, 0.15) is 51.4 Å². The molecule has 6 heteroatoms. The van der Waals surface area contributed by atoms with E-state index in [2.05, 4.69) is 4.90 Å². The van der Waals surface area contributed by atoms with E-state index in [1.165, 1.54) is 4.90 Å². The summed E-state index contributed by atoms with van der Waals surface area (Å²) in [6, 6.07) is -0.0924. The van der Waals surface area contributed by atoms with Crippen LogP contribution in [0.15, 0.2) is 0 Å². The number of nitrogens with zero attached hydrogens (tertiary/aromatic N) is 2. The number of hydrogen-bond donors (Lipinski definition) is 1. The fourth-order valence-corrected chi connectivity index (χ4v) is 3.64. The lowest BCUT2D eigenvalue weighted by Gasteiger charge is -2.38. The Labute approximate surface area is 124 Å². The Morgan fingerprint density at radius 2 is 1.95 bits per heavy atom. The second-order valence-electron chi connectivity index (χ2n) is 6.37. The monoisotopic (exact) mass is 294 g/mol. The van der Waals surface area contributed by atoms with Gasteiger partial charge in [0, 0.05) is 18.5 Å². The summed E-state index contributed by atoms with van der Waals surface area (Å²) in [6.07, 6.45) is 5.86. The van der Waals surface area contributed by atoms with Crippen molar-refractivity contribution >= 4 is 17.8 Å². The molecule has 2 saturated heterocycles. The molecule has 0 aromatic rings. The minimum Gasteiger partial charge on any atom is -0.481 e. The number of hydrogen-bond acceptors (Lipinski definition) is 4. The molecule has 21 heavy (non-hydrogen) atoms. The normalized spacial score (nSPS) is 31.0. The first-order valence-corrected chi connectivity index (χ1v) is 7.91. The smallest absolute Gasteiger partial charge is 0.303 e. The van der Waals surface area contributed by atoms with Crippen molar-refractivity contribution in [1.82, 2.24) is 9.80 Å². The van der Waals surface area contributed by atoms with Crippen LogP contribution in [0.2, 0.25) is 0 Å². The Balaban J connectivity index is 1.69. The SMILES string of the molecule is O=C(O)CCC1CCCCN1C1CC(=O)N(C2CC2)C1=O. The highest BCUT2D eigenvalue weighted by Crippen LogP contribution is 2.35. The standard InChI is InChI=1S/C15H22N2O4/c18-13-9-12(15(21)17(13)11-4-5-11)16-8-2-1-3-10(16)6-7-14(19)20/h10-12H,1-9H2,(H,19,20). The number of amides is 2. The molecule has 3 rings (SSSR count). The predicted octanol–water partition coefficient (Wildman–Crippen LogP) is 0.996. The van der Waals surface area contributed by atoms with Crippen LogP contribution in [-0.4, -0.2) is 57.4 Å². The molecule has 3 fully saturated rings. The number of carbonyl (C=O) groups is 3. The summed E-state index contributed by atoms with van der Waals surface area (Å²) in [5.74, 6) is -0.895. The number of rotatable bonds is 5. The second-order valence-corrected chi connectivity index (χ2v) is 6.37. The first-order chi connectivity index (χ1) is 10.1. The summed E-state index contributed by atoms with van der Waals surface area (Å²) in [5, 5.41) is 8.87. The van der Waals surface area contributed by atoms with Gasteiger partial charge in [0.25, 0.3) is 0 Å². The zero-order chi connectivity index (χ0) is 15.0. The topological polar surface area (TPSA) is 77.9 Å². The van der Waals surface area contributed by atoms with Gasteiger partial charge in [-0.25, -0.2) is 0 Å². The largest absolute Gasteiger partial charge is 0.481 e. The van der Waals surface area contributed by atoms with Gasteiger partial charge in [0.2, 0.25) is 11.8 Å². The van der Waals surface area contributed by atoms with E-state index in [0.29, 0.717) is 6.42 Å². The van der Waals surface area contributed by atoms with Gasteiger partial charge in [-0.2, -0.15) is 0 Å². The highest BCUT2D eigenvalue weighted by atomic mass is 16.4. The Bertz CT molecular complexity index is 461. The third-order valence-electron chi connectivity index (χ3n) is 4.84. The van der Waals surface area contributed by atoms with Gasteiger partial charge in [-0.1, -0.05) is 6.42 Å². The van der Waals surface area contributed by atoms with Crippen molar-refractivity contribution in [2.24, 2.45) is 0 Å². The molecule has 2 amide bonds. The molecule has 3 aliphatic rings. The first kappa shape index (κ1) is 14.5. The summed E-state index contributed by atoms with van der Waals surface area (Å²) < 4.78 is 0. The van der Waals surface area contributed by atoms with Gasteiger partial charge in [0.05, 0.1) is 12.5 Å². The molecule has 1 saturated carbocycles. The van der Waals surface area contributed by atoms with Crippen LogP contribution in [0.25, 0.3) is 0 Å². The predicted molar refractivity (Wildman–Crippen MR) is 74.5 cm³/mol. The van der Waals surface area contributed by atoms with E-state index in [0.717, 1.165) is 38.6 Å². The summed E-state index contributed by atoms with van der Waals surface area (Å²) >= 11 is 0. The molecule has 0 aromatic carbocycles. The number of carboxylic acid groups (broad SMARTS) is 1. The van der Waals surface area contributed by atoms with Crippen molar-refractivity contribution in [3.8, 4) is 0 Å². The summed E-state index contributed by atoms with van der Waals surface area (Å²) in [4.78, 5) is 39.0. The molecule has 6 nitrogen and oxygen atoms in total. The number of likely N-dealkylation sites (tertiary alicyclic amines) is 2. The maximum Gasteiger partial charge on any atom is 0.303 e. The van der Waals surface area contributed by atoms with Crippen LogP contribution in [0.5, 0.6) is 0 Å². The molecule has 0 spiro atoms. The van der Waals surface area contributed by atoms with Gasteiger partial charge >= 0.3 is 5.97 Å². The third kappa shape index (κ3) is 2.95. The number of carboxylic acids is 1. The average molecular weight is 294 g/mol. The molecule has 1 N–H and O–H groups in total. The van der Waals surface area contributed by atoms with Gasteiger partial charge in [-0.15, -0.1) is 0 Å². The quantitative estimate of drug-likeness (QED) is 0.765. The van der Waals surface area contributed by atoms with Crippen LogP contribution in [0.3, 0.4) is 0 Å². The third-order valence-corrected chi connectivity index (χ3v) is 4.84. The Kier molecular flexibility index (Phi) is 3.97. The van der Waals surface area contributed by atoms with Crippen LogP contribution in [-0.2, 0) is 14.4 Å². The summed E-state index contributed by atoms with van der Waals surface area (Å²) in [6.45, 7) is 0.798. The summed E-state index contributed by atoms with van der Waals surface area (Å²) in [7, 11) is 0. The molecule has 2 heterocycles. The number of piperidine rings is 1. The van der Waals surface area contributed by atoms with E-state index in [9.17, 15) is 14.4 Å². The lowest BCUT2D eigenvalue weighted by molar-refractivity contribution is -0.140. The van der Waals surface area contributed by atoms with E-state index in [4.69, 9.17) is 5.11 Å². The van der Waals surface area contributed by atoms with Gasteiger partial charge in [-0.3, -0.25) is 24.2 Å². The number of carbonyl (C=O) groups excluding carboxylic acids is 2. The molecular formula is C15H22N2O4. The zero-order valence-electron chi connectivity index (χ0n) is 12.2. The maximum atomic E-state index is 12.5. The highest BCUT2D eigenvalue weighted by molar-refractivity contribution is 6.06. The Hall–Kier alpha value is -1.43. The van der Waals surface area contributed by atoms with Crippen molar-refractivity contribution in [2.75, 3.05) is 6.54 Å². The van der Waals surface area contributed by atoms with Gasteiger partial charge in [0.15, 0.2) is 0 Å². The first-order valence-electron chi connectivity index (χ1n) is 7.91. The minimum atomic E-state index is -0.797. The molecule has 1 aliphatic carbocycles. The van der Waals surface area contributed by atoms with Crippen molar-refractivity contribution in [1.29, 1.82) is 0 Å². The lowest BCUT2D eigenvalue weighted by Crippen LogP contribution is -2.50. The molecule has 0 radical (unpaired) electrons. The summed E-state index contributed by atoms with van der Waals surface area (Å²) in [5.41, 5.74) is 0. The molecule has 2 unspecified atom stereocenters. The van der Waals surface area contributed by atoms with Crippen LogP contribution in [0, 0.1) is 0 Å². The molecular weight excluding hydrogens is 272 g/mol. The fourth-order valence-electron chi connectivity index (χ4n) is 3.64. The molecule has 2 aliphatic heterocycles. The van der Waals surface area contributed by atoms with Gasteiger partial charge in [-0.05, 0) is 38.6 Å². The van der Waals surface area contributed by atoms with Gasteiger partial charge in [0.1, 0.15) is 0 Å². The van der Waals surface area contributed by atoms with E-state index in [-0.39, 0.29) is 42.8 Å². The maximum absolute atomic E-state index is 12.5. The average Bonchev–Trinajstić information content (AvgIpc) is 3.23. The molecule has 116 valence electrons.